The molecule has 1 aromatic rings. The highest BCUT2D eigenvalue weighted by molar-refractivity contribution is 6.35. The van der Waals surface area contributed by atoms with E-state index >= 15 is 0 Å². The molecule has 1 aromatic carbocycles. The van der Waals surface area contributed by atoms with E-state index in [0.29, 0.717) is 11.1 Å². The molecule has 0 bridgehead atoms. The Morgan fingerprint density at radius 2 is 2.06 bits per heavy atom. The van der Waals surface area contributed by atoms with Gasteiger partial charge in [0.05, 0.1) is 0 Å². The van der Waals surface area contributed by atoms with E-state index in [1.165, 1.54) is 0 Å². The molecule has 0 aliphatic carbocycles. The van der Waals surface area contributed by atoms with E-state index in [2.05, 4.69) is 31.1 Å². The van der Waals surface area contributed by atoms with Crippen molar-refractivity contribution in [2.45, 2.75) is 26.4 Å². The molecular weight excluding hydrogens is 255 g/mol. The minimum Gasteiger partial charge on any atom is -0.309 e. The third-order valence-corrected chi connectivity index (χ3v) is 3.37. The summed E-state index contributed by atoms with van der Waals surface area (Å²) in [5.74, 6) is 0. The SMILES string of the molecule is CCN(C)CC(C)NCc1ccc(Cl)cc1Cl. The number of hydrogen-bond donors (Lipinski definition) is 1. The lowest BCUT2D eigenvalue weighted by Gasteiger charge is -2.21. The summed E-state index contributed by atoms with van der Waals surface area (Å²) < 4.78 is 0. The molecule has 0 spiro atoms. The molecule has 0 aromatic heterocycles. The lowest BCUT2D eigenvalue weighted by molar-refractivity contribution is 0.309. The van der Waals surface area contributed by atoms with E-state index in [0.717, 1.165) is 30.2 Å². The van der Waals surface area contributed by atoms with E-state index in [1.807, 2.05) is 12.1 Å². The Hall–Kier alpha value is -0.280. The highest BCUT2D eigenvalue weighted by atomic mass is 35.5. The summed E-state index contributed by atoms with van der Waals surface area (Å²) in [4.78, 5) is 2.28. The molecule has 2 nitrogen and oxygen atoms in total. The third-order valence-electron chi connectivity index (χ3n) is 2.78. The number of likely N-dealkylation sites (N-methyl/N-ethyl adjacent to an activating group) is 1. The van der Waals surface area contributed by atoms with Crippen molar-refractivity contribution in [3.63, 3.8) is 0 Å². The Labute approximate surface area is 114 Å². The van der Waals surface area contributed by atoms with Crippen molar-refractivity contribution in [3.05, 3.63) is 33.8 Å². The lowest BCUT2D eigenvalue weighted by atomic mass is 10.2. The van der Waals surface area contributed by atoms with Crippen LogP contribution in [0.5, 0.6) is 0 Å². The molecule has 0 heterocycles. The molecule has 17 heavy (non-hydrogen) atoms. The smallest absolute Gasteiger partial charge is 0.0465 e. The van der Waals surface area contributed by atoms with Gasteiger partial charge in [0, 0.05) is 29.2 Å². The third kappa shape index (κ3) is 5.26. The number of hydrogen-bond acceptors (Lipinski definition) is 2. The summed E-state index contributed by atoms with van der Waals surface area (Å²) in [5.41, 5.74) is 1.09. The molecule has 0 saturated heterocycles. The number of rotatable bonds is 6. The minimum atomic E-state index is 0.437. The van der Waals surface area contributed by atoms with Gasteiger partial charge in [0.2, 0.25) is 0 Å². The molecular formula is C13H20Cl2N2. The van der Waals surface area contributed by atoms with Gasteiger partial charge in [0.1, 0.15) is 0 Å². The van der Waals surface area contributed by atoms with Crippen LogP contribution in [-0.4, -0.2) is 31.1 Å². The van der Waals surface area contributed by atoms with Crippen molar-refractivity contribution in [1.29, 1.82) is 0 Å². The summed E-state index contributed by atoms with van der Waals surface area (Å²) >= 11 is 12.0. The summed E-state index contributed by atoms with van der Waals surface area (Å²) in [6.45, 7) is 7.20. The monoisotopic (exact) mass is 274 g/mol. The van der Waals surface area contributed by atoms with Gasteiger partial charge in [-0.3, -0.25) is 0 Å². The van der Waals surface area contributed by atoms with Gasteiger partial charge in [-0.2, -0.15) is 0 Å². The van der Waals surface area contributed by atoms with Crippen molar-refractivity contribution < 1.29 is 0 Å². The quantitative estimate of drug-likeness (QED) is 0.855. The highest BCUT2D eigenvalue weighted by Crippen LogP contribution is 2.20. The van der Waals surface area contributed by atoms with Gasteiger partial charge in [0.15, 0.2) is 0 Å². The average molecular weight is 275 g/mol. The molecule has 0 saturated carbocycles. The summed E-state index contributed by atoms with van der Waals surface area (Å²) in [6.07, 6.45) is 0. The maximum absolute atomic E-state index is 6.11. The van der Waals surface area contributed by atoms with Gasteiger partial charge < -0.3 is 10.2 Å². The lowest BCUT2D eigenvalue weighted by Crippen LogP contribution is -2.36. The molecule has 0 aliphatic rings. The standard InChI is InChI=1S/C13H20Cl2N2/c1-4-17(3)9-10(2)16-8-11-5-6-12(14)7-13(11)15/h5-7,10,16H,4,8-9H2,1-3H3. The van der Waals surface area contributed by atoms with Crippen molar-refractivity contribution in [1.82, 2.24) is 10.2 Å². The first-order valence-corrected chi connectivity index (χ1v) is 6.64. The Balaban J connectivity index is 2.44. The molecule has 0 aliphatic heterocycles. The molecule has 1 N–H and O–H groups in total. The molecule has 0 amide bonds. The van der Waals surface area contributed by atoms with Crippen molar-refractivity contribution in [2.24, 2.45) is 0 Å². The predicted octanol–water partition coefficient (Wildman–Crippen LogP) is 3.42. The van der Waals surface area contributed by atoms with Crippen LogP contribution < -0.4 is 5.32 Å². The Morgan fingerprint density at radius 3 is 2.65 bits per heavy atom. The number of nitrogens with zero attached hydrogens (tertiary/aromatic N) is 1. The van der Waals surface area contributed by atoms with Gasteiger partial charge in [-0.05, 0) is 38.2 Å². The van der Waals surface area contributed by atoms with E-state index in [9.17, 15) is 0 Å². The maximum atomic E-state index is 6.11. The van der Waals surface area contributed by atoms with Gasteiger partial charge in [-0.1, -0.05) is 36.2 Å². The largest absolute Gasteiger partial charge is 0.309 e. The van der Waals surface area contributed by atoms with Crippen LogP contribution in [0, 0.1) is 0 Å². The zero-order valence-electron chi connectivity index (χ0n) is 10.6. The van der Waals surface area contributed by atoms with Crippen LogP contribution in [-0.2, 0) is 6.54 Å². The first kappa shape index (κ1) is 14.8. The second-order valence-electron chi connectivity index (χ2n) is 4.37. The molecule has 1 rings (SSSR count). The Morgan fingerprint density at radius 1 is 1.35 bits per heavy atom. The average Bonchev–Trinajstić information content (AvgIpc) is 2.27. The van der Waals surface area contributed by atoms with E-state index < -0.39 is 0 Å². The first-order valence-electron chi connectivity index (χ1n) is 5.88. The molecule has 0 radical (unpaired) electrons. The minimum absolute atomic E-state index is 0.437. The van der Waals surface area contributed by atoms with Crippen LogP contribution in [0.2, 0.25) is 10.0 Å². The van der Waals surface area contributed by atoms with E-state index in [4.69, 9.17) is 23.2 Å². The summed E-state index contributed by atoms with van der Waals surface area (Å²) in [6, 6.07) is 6.05. The zero-order chi connectivity index (χ0) is 12.8. The fourth-order valence-corrected chi connectivity index (χ4v) is 2.09. The maximum Gasteiger partial charge on any atom is 0.0465 e. The van der Waals surface area contributed by atoms with Gasteiger partial charge >= 0.3 is 0 Å². The van der Waals surface area contributed by atoms with Crippen LogP contribution in [0.4, 0.5) is 0 Å². The van der Waals surface area contributed by atoms with Crippen molar-refractivity contribution in [3.8, 4) is 0 Å². The number of benzene rings is 1. The van der Waals surface area contributed by atoms with Crippen LogP contribution in [0.15, 0.2) is 18.2 Å². The highest BCUT2D eigenvalue weighted by Gasteiger charge is 2.06. The number of nitrogens with one attached hydrogen (secondary N) is 1. The zero-order valence-corrected chi connectivity index (χ0v) is 12.1. The van der Waals surface area contributed by atoms with Crippen LogP contribution in [0.3, 0.4) is 0 Å². The normalized spacial score (nSPS) is 13.1. The van der Waals surface area contributed by atoms with Crippen LogP contribution >= 0.6 is 23.2 Å². The molecule has 1 unspecified atom stereocenters. The number of halogens is 2. The van der Waals surface area contributed by atoms with Gasteiger partial charge in [0.25, 0.3) is 0 Å². The summed E-state index contributed by atoms with van der Waals surface area (Å²) in [5, 5.41) is 4.86. The van der Waals surface area contributed by atoms with Crippen molar-refractivity contribution in [2.75, 3.05) is 20.1 Å². The second kappa shape index (κ2) is 7.22. The molecule has 0 fully saturated rings. The van der Waals surface area contributed by atoms with Gasteiger partial charge in [-0.25, -0.2) is 0 Å². The topological polar surface area (TPSA) is 15.3 Å². The Bertz CT molecular complexity index is 355. The van der Waals surface area contributed by atoms with E-state index in [-0.39, 0.29) is 0 Å². The fraction of sp³-hybridized carbons (Fsp3) is 0.538. The van der Waals surface area contributed by atoms with Gasteiger partial charge in [-0.15, -0.1) is 0 Å². The first-order chi connectivity index (χ1) is 8.02. The molecule has 96 valence electrons. The van der Waals surface area contributed by atoms with Crippen LogP contribution in [0.25, 0.3) is 0 Å². The molecule has 4 heteroatoms. The van der Waals surface area contributed by atoms with Crippen molar-refractivity contribution >= 4 is 23.2 Å². The van der Waals surface area contributed by atoms with E-state index in [1.54, 1.807) is 6.07 Å². The molecule has 1 atom stereocenters. The fourth-order valence-electron chi connectivity index (χ4n) is 1.61. The summed E-state index contributed by atoms with van der Waals surface area (Å²) in [7, 11) is 2.12. The predicted molar refractivity (Wildman–Crippen MR) is 75.9 cm³/mol. The van der Waals surface area contributed by atoms with Crippen LogP contribution in [0.1, 0.15) is 19.4 Å². The Kier molecular flexibility index (Phi) is 6.28. The second-order valence-corrected chi connectivity index (χ2v) is 5.22.